The molecule has 1 aromatic carbocycles. The molecule has 0 bridgehead atoms. The van der Waals surface area contributed by atoms with E-state index in [2.05, 4.69) is 5.32 Å². The molecular weight excluding hydrogens is 278 g/mol. The fourth-order valence-corrected chi connectivity index (χ4v) is 2.59. The van der Waals surface area contributed by atoms with Crippen LogP contribution in [-0.2, 0) is 4.79 Å². The lowest BCUT2D eigenvalue weighted by molar-refractivity contribution is -0.119. The molecule has 1 aromatic rings. The van der Waals surface area contributed by atoms with Gasteiger partial charge in [0.15, 0.2) is 0 Å². The number of halogens is 1. The SMILES string of the molecule is CC(=O)NC1CCN(C(=O)c2cc(N)ccc2Cl)CC1. The van der Waals surface area contributed by atoms with E-state index in [1.165, 1.54) is 6.92 Å². The second-order valence-corrected chi connectivity index (χ2v) is 5.41. The highest BCUT2D eigenvalue weighted by Gasteiger charge is 2.25. The molecule has 2 rings (SSSR count). The Bertz CT molecular complexity index is 525. The number of amides is 2. The first-order valence-electron chi connectivity index (χ1n) is 6.59. The minimum atomic E-state index is -0.108. The number of rotatable bonds is 2. The molecule has 5 nitrogen and oxygen atoms in total. The average molecular weight is 296 g/mol. The lowest BCUT2D eigenvalue weighted by atomic mass is 10.0. The smallest absolute Gasteiger partial charge is 0.255 e. The number of hydrogen-bond acceptors (Lipinski definition) is 3. The highest BCUT2D eigenvalue weighted by Crippen LogP contribution is 2.22. The van der Waals surface area contributed by atoms with Crippen molar-refractivity contribution in [2.75, 3.05) is 18.8 Å². The van der Waals surface area contributed by atoms with Gasteiger partial charge in [0.05, 0.1) is 10.6 Å². The molecule has 0 spiro atoms. The van der Waals surface area contributed by atoms with E-state index in [1.54, 1.807) is 23.1 Å². The molecule has 0 atom stereocenters. The molecule has 0 radical (unpaired) electrons. The summed E-state index contributed by atoms with van der Waals surface area (Å²) in [7, 11) is 0. The summed E-state index contributed by atoms with van der Waals surface area (Å²) in [5, 5.41) is 3.29. The predicted molar refractivity (Wildman–Crippen MR) is 78.6 cm³/mol. The first-order chi connectivity index (χ1) is 9.47. The first-order valence-corrected chi connectivity index (χ1v) is 6.96. The number of anilines is 1. The summed E-state index contributed by atoms with van der Waals surface area (Å²) in [5.41, 5.74) is 6.65. The van der Waals surface area contributed by atoms with Crippen LogP contribution < -0.4 is 11.1 Å². The summed E-state index contributed by atoms with van der Waals surface area (Å²) in [6, 6.07) is 5.05. The number of nitrogen functional groups attached to an aromatic ring is 1. The van der Waals surface area contributed by atoms with Crippen molar-refractivity contribution in [1.82, 2.24) is 10.2 Å². The van der Waals surface area contributed by atoms with Crippen LogP contribution in [0.2, 0.25) is 5.02 Å². The molecule has 0 aromatic heterocycles. The molecule has 6 heteroatoms. The number of nitrogens with zero attached hydrogens (tertiary/aromatic N) is 1. The monoisotopic (exact) mass is 295 g/mol. The molecule has 1 saturated heterocycles. The molecule has 1 aliphatic rings. The van der Waals surface area contributed by atoms with Gasteiger partial charge in [-0.3, -0.25) is 9.59 Å². The standard InChI is InChI=1S/C14H18ClN3O2/c1-9(19)17-11-4-6-18(7-5-11)14(20)12-8-10(16)2-3-13(12)15/h2-3,8,11H,4-7,16H2,1H3,(H,17,19). The van der Waals surface area contributed by atoms with Gasteiger partial charge in [0.1, 0.15) is 0 Å². The second-order valence-electron chi connectivity index (χ2n) is 5.01. The van der Waals surface area contributed by atoms with E-state index >= 15 is 0 Å². The van der Waals surface area contributed by atoms with E-state index in [0.717, 1.165) is 12.8 Å². The zero-order valence-electron chi connectivity index (χ0n) is 11.4. The van der Waals surface area contributed by atoms with Crippen LogP contribution in [0.3, 0.4) is 0 Å². The molecular formula is C14H18ClN3O2. The summed E-state index contributed by atoms with van der Waals surface area (Å²) in [6.07, 6.45) is 1.51. The van der Waals surface area contributed by atoms with Gasteiger partial charge in [-0.1, -0.05) is 11.6 Å². The molecule has 108 valence electrons. The largest absolute Gasteiger partial charge is 0.399 e. The topological polar surface area (TPSA) is 75.4 Å². The van der Waals surface area contributed by atoms with Gasteiger partial charge in [0.2, 0.25) is 5.91 Å². The Kier molecular flexibility index (Phi) is 4.49. The highest BCUT2D eigenvalue weighted by atomic mass is 35.5. The van der Waals surface area contributed by atoms with Gasteiger partial charge in [0, 0.05) is 31.7 Å². The number of likely N-dealkylation sites (tertiary alicyclic amines) is 1. The van der Waals surface area contributed by atoms with Gasteiger partial charge >= 0.3 is 0 Å². The molecule has 1 heterocycles. The summed E-state index contributed by atoms with van der Waals surface area (Å²) in [4.78, 5) is 25.2. The lowest BCUT2D eigenvalue weighted by Gasteiger charge is -2.32. The van der Waals surface area contributed by atoms with Crippen molar-refractivity contribution in [3.63, 3.8) is 0 Å². The van der Waals surface area contributed by atoms with Crippen molar-refractivity contribution in [2.45, 2.75) is 25.8 Å². The molecule has 1 fully saturated rings. The maximum Gasteiger partial charge on any atom is 0.255 e. The number of carbonyl (C=O) groups is 2. The predicted octanol–water partition coefficient (Wildman–Crippen LogP) is 1.66. The molecule has 1 aliphatic heterocycles. The van der Waals surface area contributed by atoms with Crippen molar-refractivity contribution in [3.05, 3.63) is 28.8 Å². The Morgan fingerprint density at radius 1 is 1.35 bits per heavy atom. The summed E-state index contributed by atoms with van der Waals surface area (Å²) >= 11 is 6.05. The normalized spacial score (nSPS) is 16.0. The van der Waals surface area contributed by atoms with Crippen LogP contribution in [0, 0.1) is 0 Å². The quantitative estimate of drug-likeness (QED) is 0.815. The molecule has 3 N–H and O–H groups in total. The van der Waals surface area contributed by atoms with Crippen molar-refractivity contribution >= 4 is 29.1 Å². The number of benzene rings is 1. The number of hydrogen-bond donors (Lipinski definition) is 2. The summed E-state index contributed by atoms with van der Waals surface area (Å²) < 4.78 is 0. The van der Waals surface area contributed by atoms with Crippen molar-refractivity contribution in [1.29, 1.82) is 0 Å². The van der Waals surface area contributed by atoms with Crippen molar-refractivity contribution in [3.8, 4) is 0 Å². The summed E-state index contributed by atoms with van der Waals surface area (Å²) in [5.74, 6) is -0.141. The molecule has 0 saturated carbocycles. The lowest BCUT2D eigenvalue weighted by Crippen LogP contribution is -2.46. The number of piperidine rings is 1. The minimum Gasteiger partial charge on any atom is -0.399 e. The van der Waals surface area contributed by atoms with E-state index in [0.29, 0.717) is 29.4 Å². The Hall–Kier alpha value is -1.75. The molecule has 0 unspecified atom stereocenters. The Morgan fingerprint density at radius 2 is 2.00 bits per heavy atom. The molecule has 2 amide bonds. The zero-order chi connectivity index (χ0) is 14.7. The minimum absolute atomic E-state index is 0.0337. The van der Waals surface area contributed by atoms with Crippen LogP contribution in [0.1, 0.15) is 30.1 Å². The fraction of sp³-hybridized carbons (Fsp3) is 0.429. The van der Waals surface area contributed by atoms with E-state index in [-0.39, 0.29) is 17.9 Å². The number of nitrogens with two attached hydrogens (primary N) is 1. The van der Waals surface area contributed by atoms with E-state index in [9.17, 15) is 9.59 Å². The Balaban J connectivity index is 2.01. The Morgan fingerprint density at radius 3 is 2.60 bits per heavy atom. The van der Waals surface area contributed by atoms with E-state index in [4.69, 9.17) is 17.3 Å². The van der Waals surface area contributed by atoms with Crippen LogP contribution >= 0.6 is 11.6 Å². The number of nitrogens with one attached hydrogen (secondary N) is 1. The molecule has 0 aliphatic carbocycles. The van der Waals surface area contributed by atoms with E-state index < -0.39 is 0 Å². The summed E-state index contributed by atoms with van der Waals surface area (Å²) in [6.45, 7) is 2.72. The van der Waals surface area contributed by atoms with Crippen molar-refractivity contribution in [2.24, 2.45) is 0 Å². The van der Waals surface area contributed by atoms with Crippen LogP contribution in [-0.4, -0.2) is 35.8 Å². The Labute approximate surface area is 123 Å². The van der Waals surface area contributed by atoms with Crippen LogP contribution in [0.5, 0.6) is 0 Å². The average Bonchev–Trinajstić information content (AvgIpc) is 2.41. The van der Waals surface area contributed by atoms with E-state index in [1.807, 2.05) is 0 Å². The first kappa shape index (κ1) is 14.7. The fourth-order valence-electron chi connectivity index (χ4n) is 2.39. The maximum absolute atomic E-state index is 12.4. The van der Waals surface area contributed by atoms with Gasteiger partial charge in [-0.05, 0) is 31.0 Å². The van der Waals surface area contributed by atoms with Crippen LogP contribution in [0.25, 0.3) is 0 Å². The van der Waals surface area contributed by atoms with Crippen LogP contribution in [0.15, 0.2) is 18.2 Å². The van der Waals surface area contributed by atoms with Gasteiger partial charge in [-0.15, -0.1) is 0 Å². The van der Waals surface area contributed by atoms with Gasteiger partial charge in [0.25, 0.3) is 5.91 Å². The van der Waals surface area contributed by atoms with Gasteiger partial charge in [-0.2, -0.15) is 0 Å². The van der Waals surface area contributed by atoms with Crippen LogP contribution in [0.4, 0.5) is 5.69 Å². The third-order valence-electron chi connectivity index (χ3n) is 3.41. The van der Waals surface area contributed by atoms with Gasteiger partial charge < -0.3 is 16.0 Å². The van der Waals surface area contributed by atoms with Gasteiger partial charge in [-0.25, -0.2) is 0 Å². The number of carbonyl (C=O) groups excluding carboxylic acids is 2. The second kappa shape index (κ2) is 6.13. The third kappa shape index (κ3) is 3.42. The third-order valence-corrected chi connectivity index (χ3v) is 3.74. The van der Waals surface area contributed by atoms with Crippen molar-refractivity contribution < 1.29 is 9.59 Å². The zero-order valence-corrected chi connectivity index (χ0v) is 12.1. The highest BCUT2D eigenvalue weighted by molar-refractivity contribution is 6.34. The molecule has 20 heavy (non-hydrogen) atoms. The maximum atomic E-state index is 12.4.